The third kappa shape index (κ3) is 1.71. The van der Waals surface area contributed by atoms with Gasteiger partial charge in [-0.15, -0.1) is 0 Å². The number of esters is 1. The average molecular weight is 192 g/mol. The topological polar surface area (TPSA) is 35.5 Å². The van der Waals surface area contributed by atoms with Crippen LogP contribution in [0, 0.1) is 0 Å². The third-order valence-electron chi connectivity index (χ3n) is 2.17. The molecule has 0 saturated carbocycles. The minimum atomic E-state index is -0.431. The van der Waals surface area contributed by atoms with Crippen molar-refractivity contribution in [1.29, 1.82) is 0 Å². The molecule has 1 aliphatic rings. The molecule has 0 spiro atoms. The van der Waals surface area contributed by atoms with Crippen molar-refractivity contribution < 1.29 is 14.3 Å². The lowest BCUT2D eigenvalue weighted by atomic mass is 10.2. The summed E-state index contributed by atoms with van der Waals surface area (Å²) in [7, 11) is 0. The summed E-state index contributed by atoms with van der Waals surface area (Å²) in [5.74, 6) is 0.601. The Morgan fingerprint density at radius 2 is 2.36 bits per heavy atom. The second kappa shape index (κ2) is 3.70. The van der Waals surface area contributed by atoms with Crippen LogP contribution in [0.2, 0.25) is 0 Å². The van der Waals surface area contributed by atoms with Crippen LogP contribution in [0.4, 0.5) is 0 Å². The lowest BCUT2D eigenvalue weighted by Gasteiger charge is -2.10. The second-order valence-corrected chi connectivity index (χ2v) is 3.20. The number of rotatable bonds is 2. The van der Waals surface area contributed by atoms with Crippen LogP contribution in [0.3, 0.4) is 0 Å². The van der Waals surface area contributed by atoms with Gasteiger partial charge in [0, 0.05) is 12.0 Å². The molecule has 0 aromatic heterocycles. The molecule has 74 valence electrons. The molecule has 0 unspecified atom stereocenters. The zero-order valence-corrected chi connectivity index (χ0v) is 8.03. The van der Waals surface area contributed by atoms with Crippen molar-refractivity contribution in [3.63, 3.8) is 0 Å². The zero-order chi connectivity index (χ0) is 9.97. The van der Waals surface area contributed by atoms with E-state index < -0.39 is 6.29 Å². The Bertz CT molecular complexity index is 321. The fourth-order valence-corrected chi connectivity index (χ4v) is 1.45. The Hall–Kier alpha value is -1.51. The molecular formula is C11H12O3. The van der Waals surface area contributed by atoms with Gasteiger partial charge in [-0.1, -0.05) is 25.1 Å². The second-order valence-electron chi connectivity index (χ2n) is 3.20. The maximum atomic E-state index is 11.0. The zero-order valence-electron chi connectivity index (χ0n) is 8.03. The number of para-hydroxylation sites is 1. The van der Waals surface area contributed by atoms with Crippen molar-refractivity contribution in [2.24, 2.45) is 0 Å². The molecule has 1 aliphatic heterocycles. The first-order chi connectivity index (χ1) is 6.79. The van der Waals surface area contributed by atoms with E-state index in [0.717, 1.165) is 11.3 Å². The molecule has 3 heteroatoms. The molecule has 0 bridgehead atoms. The number of fused-ring (bicyclic) bond motifs is 1. The fraction of sp³-hybridized carbons (Fsp3) is 0.364. The lowest BCUT2D eigenvalue weighted by molar-refractivity contribution is -0.160. The maximum Gasteiger partial charge on any atom is 0.308 e. The van der Waals surface area contributed by atoms with Gasteiger partial charge in [0.15, 0.2) is 0 Å². The molecular weight excluding hydrogens is 180 g/mol. The van der Waals surface area contributed by atoms with E-state index in [0.29, 0.717) is 12.8 Å². The normalized spacial score (nSPS) is 18.5. The number of hydrogen-bond acceptors (Lipinski definition) is 3. The SMILES string of the molecule is CCC(=O)O[C@H]1Cc2ccccc2O1. The Kier molecular flexibility index (Phi) is 2.39. The monoisotopic (exact) mass is 192 g/mol. The highest BCUT2D eigenvalue weighted by Crippen LogP contribution is 2.28. The molecule has 0 radical (unpaired) electrons. The summed E-state index contributed by atoms with van der Waals surface area (Å²) in [6.07, 6.45) is 0.609. The Balaban J connectivity index is 2.01. The van der Waals surface area contributed by atoms with Crippen LogP contribution >= 0.6 is 0 Å². The van der Waals surface area contributed by atoms with Crippen LogP contribution in [0.25, 0.3) is 0 Å². The van der Waals surface area contributed by atoms with Crippen molar-refractivity contribution in [2.75, 3.05) is 0 Å². The van der Waals surface area contributed by atoms with E-state index in [2.05, 4.69) is 0 Å². The van der Waals surface area contributed by atoms with Crippen molar-refractivity contribution in [3.8, 4) is 5.75 Å². The van der Waals surface area contributed by atoms with Crippen molar-refractivity contribution in [1.82, 2.24) is 0 Å². The third-order valence-corrected chi connectivity index (χ3v) is 2.17. The first kappa shape index (κ1) is 9.06. The number of hydrogen-bond donors (Lipinski definition) is 0. The number of carbonyl (C=O) groups is 1. The first-order valence-electron chi connectivity index (χ1n) is 4.73. The van der Waals surface area contributed by atoms with Gasteiger partial charge in [-0.05, 0) is 6.07 Å². The molecule has 1 aromatic rings. The van der Waals surface area contributed by atoms with Gasteiger partial charge in [0.1, 0.15) is 5.75 Å². The average Bonchev–Trinajstić information content (AvgIpc) is 2.59. The molecule has 0 N–H and O–H groups in total. The number of benzene rings is 1. The number of ether oxygens (including phenoxy) is 2. The van der Waals surface area contributed by atoms with E-state index in [1.54, 1.807) is 6.92 Å². The molecule has 0 fully saturated rings. The van der Waals surface area contributed by atoms with Gasteiger partial charge in [0.25, 0.3) is 0 Å². The van der Waals surface area contributed by atoms with Crippen molar-refractivity contribution >= 4 is 5.97 Å². The van der Waals surface area contributed by atoms with E-state index >= 15 is 0 Å². The van der Waals surface area contributed by atoms with Crippen molar-refractivity contribution in [2.45, 2.75) is 26.1 Å². The first-order valence-corrected chi connectivity index (χ1v) is 4.73. The fourth-order valence-electron chi connectivity index (χ4n) is 1.45. The Morgan fingerprint density at radius 3 is 3.07 bits per heavy atom. The highest BCUT2D eigenvalue weighted by atomic mass is 16.7. The van der Waals surface area contributed by atoms with E-state index in [-0.39, 0.29) is 5.97 Å². The Labute approximate surface area is 82.6 Å². The van der Waals surface area contributed by atoms with Gasteiger partial charge in [-0.25, -0.2) is 0 Å². The van der Waals surface area contributed by atoms with Gasteiger partial charge in [0.05, 0.1) is 6.42 Å². The largest absolute Gasteiger partial charge is 0.454 e. The van der Waals surface area contributed by atoms with Crippen molar-refractivity contribution in [3.05, 3.63) is 29.8 Å². The quantitative estimate of drug-likeness (QED) is 0.671. The maximum absolute atomic E-state index is 11.0. The molecule has 14 heavy (non-hydrogen) atoms. The molecule has 1 heterocycles. The van der Waals surface area contributed by atoms with E-state index in [9.17, 15) is 4.79 Å². The Morgan fingerprint density at radius 1 is 1.57 bits per heavy atom. The van der Waals surface area contributed by atoms with Crippen LogP contribution in [-0.2, 0) is 16.0 Å². The summed E-state index contributed by atoms with van der Waals surface area (Å²) in [5.41, 5.74) is 1.10. The van der Waals surface area contributed by atoms with Gasteiger partial charge < -0.3 is 9.47 Å². The lowest BCUT2D eigenvalue weighted by Crippen LogP contribution is -2.21. The predicted molar refractivity (Wildman–Crippen MR) is 50.9 cm³/mol. The van der Waals surface area contributed by atoms with Crippen LogP contribution in [-0.4, -0.2) is 12.3 Å². The van der Waals surface area contributed by atoms with Gasteiger partial charge in [-0.3, -0.25) is 4.79 Å². The minimum absolute atomic E-state index is 0.220. The molecule has 1 aromatic carbocycles. The summed E-state index contributed by atoms with van der Waals surface area (Å²) in [5, 5.41) is 0. The number of carbonyl (C=O) groups excluding carboxylic acids is 1. The molecule has 0 saturated heterocycles. The van der Waals surface area contributed by atoms with E-state index in [1.165, 1.54) is 0 Å². The van der Waals surface area contributed by atoms with Crippen LogP contribution < -0.4 is 4.74 Å². The minimum Gasteiger partial charge on any atom is -0.454 e. The summed E-state index contributed by atoms with van der Waals surface area (Å²) in [6, 6.07) is 7.72. The summed E-state index contributed by atoms with van der Waals surface area (Å²) < 4.78 is 10.5. The molecule has 0 amide bonds. The summed E-state index contributed by atoms with van der Waals surface area (Å²) in [4.78, 5) is 11.0. The van der Waals surface area contributed by atoms with Gasteiger partial charge >= 0.3 is 5.97 Å². The van der Waals surface area contributed by atoms with Gasteiger partial charge in [-0.2, -0.15) is 0 Å². The predicted octanol–water partition coefficient (Wildman–Crippen LogP) is 1.90. The standard InChI is InChI=1S/C11H12O3/c1-2-10(12)14-11-7-8-5-3-4-6-9(8)13-11/h3-6,11H,2,7H2,1H3/t11-/m0/s1. The molecule has 3 nitrogen and oxygen atoms in total. The molecule has 1 atom stereocenters. The highest BCUT2D eigenvalue weighted by Gasteiger charge is 2.24. The van der Waals surface area contributed by atoms with Crippen LogP contribution in [0.5, 0.6) is 5.75 Å². The van der Waals surface area contributed by atoms with E-state index in [4.69, 9.17) is 9.47 Å². The van der Waals surface area contributed by atoms with E-state index in [1.807, 2.05) is 24.3 Å². The highest BCUT2D eigenvalue weighted by molar-refractivity contribution is 5.69. The van der Waals surface area contributed by atoms with Gasteiger partial charge in [0.2, 0.25) is 6.29 Å². The van der Waals surface area contributed by atoms with Crippen LogP contribution in [0.15, 0.2) is 24.3 Å². The smallest absolute Gasteiger partial charge is 0.308 e. The van der Waals surface area contributed by atoms with Crippen LogP contribution in [0.1, 0.15) is 18.9 Å². The molecule has 2 rings (SSSR count). The summed E-state index contributed by atoms with van der Waals surface area (Å²) >= 11 is 0. The summed E-state index contributed by atoms with van der Waals surface area (Å²) in [6.45, 7) is 1.77. The molecule has 0 aliphatic carbocycles.